The summed E-state index contributed by atoms with van der Waals surface area (Å²) in [4.78, 5) is 22.0. The maximum atomic E-state index is 11.1. The Morgan fingerprint density at radius 2 is 1.90 bits per heavy atom. The van der Waals surface area contributed by atoms with Crippen LogP contribution in [-0.4, -0.2) is 24.8 Å². The molecule has 3 N–H and O–H groups in total. The van der Waals surface area contributed by atoms with Gasteiger partial charge in [-0.2, -0.15) is 0 Å². The van der Waals surface area contributed by atoms with Crippen molar-refractivity contribution in [2.24, 2.45) is 5.73 Å². The van der Waals surface area contributed by atoms with Crippen molar-refractivity contribution < 1.29 is 52.1 Å². The SMILES string of the molecule is CC(=O)Nc1ccc(C(C(N)=O)S(=O)(=O)[O-])c(C)c1.[Na+]. The van der Waals surface area contributed by atoms with Crippen LogP contribution >= 0.6 is 0 Å². The fraction of sp³-hybridized carbons (Fsp3) is 0.273. The summed E-state index contributed by atoms with van der Waals surface area (Å²) in [6.45, 7) is 2.83. The minimum absolute atomic E-state index is 0. The van der Waals surface area contributed by atoms with Crippen molar-refractivity contribution in [2.45, 2.75) is 19.1 Å². The monoisotopic (exact) mass is 308 g/mol. The topological polar surface area (TPSA) is 129 Å². The zero-order valence-electron chi connectivity index (χ0n) is 11.3. The van der Waals surface area contributed by atoms with E-state index >= 15 is 0 Å². The van der Waals surface area contributed by atoms with Crippen LogP contribution in [0, 0.1) is 6.92 Å². The summed E-state index contributed by atoms with van der Waals surface area (Å²) in [6, 6.07) is 4.13. The molecular weight excluding hydrogens is 295 g/mol. The average molecular weight is 308 g/mol. The van der Waals surface area contributed by atoms with Gasteiger partial charge in [0, 0.05) is 12.6 Å². The van der Waals surface area contributed by atoms with Gasteiger partial charge < -0.3 is 15.6 Å². The van der Waals surface area contributed by atoms with E-state index < -0.39 is 21.3 Å². The first kappa shape index (κ1) is 19.1. The van der Waals surface area contributed by atoms with Crippen LogP contribution in [0.25, 0.3) is 0 Å². The van der Waals surface area contributed by atoms with Gasteiger partial charge in [0.1, 0.15) is 10.1 Å². The smallest absolute Gasteiger partial charge is 0.747 e. The quantitative estimate of drug-likeness (QED) is 0.453. The zero-order valence-corrected chi connectivity index (χ0v) is 14.2. The number of nitrogens with one attached hydrogen (secondary N) is 1. The number of rotatable bonds is 4. The molecule has 20 heavy (non-hydrogen) atoms. The van der Waals surface area contributed by atoms with Crippen LogP contribution in [0.1, 0.15) is 23.3 Å². The molecule has 0 radical (unpaired) electrons. The Morgan fingerprint density at radius 1 is 1.35 bits per heavy atom. The number of carbonyl (C=O) groups is 2. The summed E-state index contributed by atoms with van der Waals surface area (Å²) in [5, 5.41) is 0.565. The van der Waals surface area contributed by atoms with Gasteiger partial charge >= 0.3 is 29.6 Å². The second-order valence-corrected chi connectivity index (χ2v) is 5.48. The molecule has 0 saturated carbocycles. The van der Waals surface area contributed by atoms with Crippen molar-refractivity contribution in [1.82, 2.24) is 0 Å². The number of amides is 2. The van der Waals surface area contributed by atoms with Gasteiger partial charge in [-0.3, -0.25) is 9.59 Å². The molecule has 0 saturated heterocycles. The molecule has 0 aliphatic carbocycles. The second-order valence-electron chi connectivity index (χ2n) is 4.03. The molecule has 7 nitrogen and oxygen atoms in total. The fourth-order valence-corrected chi connectivity index (χ4v) is 2.56. The van der Waals surface area contributed by atoms with E-state index in [0.717, 1.165) is 0 Å². The fourth-order valence-electron chi connectivity index (χ4n) is 1.70. The van der Waals surface area contributed by atoms with Gasteiger partial charge in [0.2, 0.25) is 11.8 Å². The predicted octanol–water partition coefficient (Wildman–Crippen LogP) is -2.97. The van der Waals surface area contributed by atoms with Gasteiger partial charge in [-0.05, 0) is 30.2 Å². The van der Waals surface area contributed by atoms with Crippen molar-refractivity contribution in [3.8, 4) is 0 Å². The van der Waals surface area contributed by atoms with Gasteiger partial charge in [-0.1, -0.05) is 6.07 Å². The molecule has 0 bridgehead atoms. The molecule has 9 heteroatoms. The van der Waals surface area contributed by atoms with Gasteiger partial charge in [0.05, 0.1) is 0 Å². The molecule has 0 aromatic heterocycles. The summed E-state index contributed by atoms with van der Waals surface area (Å²) in [7, 11) is -4.89. The minimum Gasteiger partial charge on any atom is -0.747 e. The predicted molar refractivity (Wildman–Crippen MR) is 67.1 cm³/mol. The standard InChI is InChI=1S/C11H14N2O5S.Na/c1-6-5-8(13-7(2)14)3-4-9(6)10(11(12)15)19(16,17)18;/h3-5,10H,1-2H3,(H2,12,15)(H,13,14)(H,16,17,18);/q;+1/p-1. The Morgan fingerprint density at radius 3 is 2.25 bits per heavy atom. The number of carbonyl (C=O) groups excluding carboxylic acids is 2. The molecule has 0 heterocycles. The van der Waals surface area contributed by atoms with E-state index in [-0.39, 0.29) is 41.0 Å². The van der Waals surface area contributed by atoms with E-state index in [1.807, 2.05) is 0 Å². The number of primary amides is 1. The Labute approximate surface area is 139 Å². The van der Waals surface area contributed by atoms with Crippen LogP contribution in [0.15, 0.2) is 18.2 Å². The third-order valence-corrected chi connectivity index (χ3v) is 3.48. The van der Waals surface area contributed by atoms with E-state index in [2.05, 4.69) is 5.32 Å². The van der Waals surface area contributed by atoms with Gasteiger partial charge in [0.25, 0.3) is 0 Å². The van der Waals surface area contributed by atoms with Crippen molar-refractivity contribution in [1.29, 1.82) is 0 Å². The zero-order chi connectivity index (χ0) is 14.8. The third kappa shape index (κ3) is 4.88. The molecule has 1 atom stereocenters. The third-order valence-electron chi connectivity index (χ3n) is 2.42. The molecule has 1 aromatic carbocycles. The summed E-state index contributed by atoms with van der Waals surface area (Å²) < 4.78 is 33.2. The molecule has 0 aliphatic heterocycles. The maximum absolute atomic E-state index is 11.1. The van der Waals surface area contributed by atoms with Crippen LogP contribution in [-0.2, 0) is 19.7 Å². The van der Waals surface area contributed by atoms with Crippen LogP contribution in [0.3, 0.4) is 0 Å². The van der Waals surface area contributed by atoms with Gasteiger partial charge in [0.15, 0.2) is 5.25 Å². The van der Waals surface area contributed by atoms with E-state index in [1.54, 1.807) is 0 Å². The van der Waals surface area contributed by atoms with Crippen LogP contribution in [0.2, 0.25) is 0 Å². The molecule has 0 fully saturated rings. The normalized spacial score (nSPS) is 12.2. The first-order chi connectivity index (χ1) is 8.62. The van der Waals surface area contributed by atoms with Crippen LogP contribution < -0.4 is 40.6 Å². The van der Waals surface area contributed by atoms with E-state index in [1.165, 1.54) is 32.0 Å². The van der Waals surface area contributed by atoms with Gasteiger partial charge in [-0.25, -0.2) is 8.42 Å². The summed E-state index contributed by atoms with van der Waals surface area (Å²) in [5.41, 5.74) is 5.77. The van der Waals surface area contributed by atoms with Crippen LogP contribution in [0.4, 0.5) is 5.69 Å². The number of hydrogen-bond acceptors (Lipinski definition) is 5. The number of anilines is 1. The largest absolute Gasteiger partial charge is 1.00 e. The Balaban J connectivity index is 0.00000361. The van der Waals surface area contributed by atoms with Crippen molar-refractivity contribution in [3.63, 3.8) is 0 Å². The van der Waals surface area contributed by atoms with E-state index in [4.69, 9.17) is 5.73 Å². The minimum atomic E-state index is -4.89. The molecule has 104 valence electrons. The first-order valence-electron chi connectivity index (χ1n) is 5.25. The molecule has 1 rings (SSSR count). The number of nitrogens with two attached hydrogens (primary N) is 1. The van der Waals surface area contributed by atoms with E-state index in [0.29, 0.717) is 11.3 Å². The first-order valence-corrected chi connectivity index (χ1v) is 6.72. The van der Waals surface area contributed by atoms with Crippen LogP contribution in [0.5, 0.6) is 0 Å². The van der Waals surface area contributed by atoms with Gasteiger partial charge in [-0.15, -0.1) is 0 Å². The van der Waals surface area contributed by atoms with Crippen molar-refractivity contribution >= 4 is 27.6 Å². The molecule has 1 aromatic rings. The average Bonchev–Trinajstić information content (AvgIpc) is 2.18. The second kappa shape index (κ2) is 7.19. The Hall–Kier alpha value is -0.930. The maximum Gasteiger partial charge on any atom is 1.00 e. The van der Waals surface area contributed by atoms with Crippen molar-refractivity contribution in [2.75, 3.05) is 5.32 Å². The van der Waals surface area contributed by atoms with Crippen molar-refractivity contribution in [3.05, 3.63) is 29.3 Å². The number of benzene rings is 1. The number of aryl methyl sites for hydroxylation is 1. The molecule has 1 unspecified atom stereocenters. The number of hydrogen-bond donors (Lipinski definition) is 2. The molecule has 0 aliphatic rings. The Bertz CT molecular complexity index is 630. The summed E-state index contributed by atoms with van der Waals surface area (Å²) in [6.07, 6.45) is 0. The molecule has 2 amide bonds. The summed E-state index contributed by atoms with van der Waals surface area (Å²) >= 11 is 0. The Kier molecular flexibility index (Phi) is 6.85. The van der Waals surface area contributed by atoms with E-state index in [9.17, 15) is 22.6 Å². The molecular formula is C11H13N2NaO5S. The summed E-state index contributed by atoms with van der Waals surface area (Å²) in [5.74, 6) is -1.53. The molecule has 0 spiro atoms.